The molecule has 37 heavy (non-hydrogen) atoms. The summed E-state index contributed by atoms with van der Waals surface area (Å²) in [6.45, 7) is 7.79. The van der Waals surface area contributed by atoms with Crippen LogP contribution >= 0.6 is 0 Å². The Balaban J connectivity index is 1.89. The van der Waals surface area contributed by atoms with E-state index in [9.17, 15) is 24.3 Å². The first-order valence-electron chi connectivity index (χ1n) is 12.9. The van der Waals surface area contributed by atoms with Crippen LogP contribution in [-0.4, -0.2) is 88.5 Å². The van der Waals surface area contributed by atoms with E-state index in [1.165, 1.54) is 12.0 Å². The Morgan fingerprint density at radius 3 is 2.38 bits per heavy atom. The van der Waals surface area contributed by atoms with Crippen LogP contribution in [0.2, 0.25) is 0 Å². The van der Waals surface area contributed by atoms with Gasteiger partial charge in [0.15, 0.2) is 12.1 Å². The van der Waals surface area contributed by atoms with E-state index >= 15 is 0 Å². The van der Waals surface area contributed by atoms with Crippen molar-refractivity contribution in [2.24, 2.45) is 0 Å². The lowest BCUT2D eigenvalue weighted by Crippen LogP contribution is -2.68. The van der Waals surface area contributed by atoms with Crippen molar-refractivity contribution in [3.63, 3.8) is 0 Å². The van der Waals surface area contributed by atoms with E-state index in [4.69, 9.17) is 9.47 Å². The summed E-state index contributed by atoms with van der Waals surface area (Å²) in [5.41, 5.74) is 0.0852. The average molecular weight is 519 g/mol. The van der Waals surface area contributed by atoms with Crippen molar-refractivity contribution in [2.45, 2.75) is 89.6 Å². The van der Waals surface area contributed by atoms with Crippen molar-refractivity contribution < 1.29 is 38.2 Å². The highest BCUT2D eigenvalue weighted by Crippen LogP contribution is 2.33. The number of esters is 1. The van der Waals surface area contributed by atoms with E-state index < -0.39 is 46.4 Å². The first kappa shape index (κ1) is 28.6. The third kappa shape index (κ3) is 6.30. The number of nitrogens with one attached hydrogen (secondary N) is 1. The molecule has 1 aromatic rings. The van der Waals surface area contributed by atoms with Gasteiger partial charge in [-0.2, -0.15) is 4.48 Å². The number of imide groups is 1. The van der Waals surface area contributed by atoms with Gasteiger partial charge in [-0.3, -0.25) is 10.2 Å². The maximum absolute atomic E-state index is 14.1. The number of aliphatic hydroxyl groups is 1. The summed E-state index contributed by atoms with van der Waals surface area (Å²) in [7, 11) is 1.17. The number of benzene rings is 1. The summed E-state index contributed by atoms with van der Waals surface area (Å²) < 4.78 is 9.75. The molecule has 2 unspecified atom stereocenters. The molecule has 0 aliphatic carbocycles. The monoisotopic (exact) mass is 518 g/mol. The summed E-state index contributed by atoms with van der Waals surface area (Å²) in [5, 5.41) is 13.5. The number of ether oxygens (including phenoxy) is 2. The highest BCUT2D eigenvalue weighted by atomic mass is 16.6. The second-order valence-corrected chi connectivity index (χ2v) is 11.0. The van der Waals surface area contributed by atoms with Crippen LogP contribution in [0.5, 0.6) is 0 Å². The first-order valence-corrected chi connectivity index (χ1v) is 12.9. The van der Waals surface area contributed by atoms with E-state index in [2.05, 4.69) is 5.32 Å². The fourth-order valence-corrected chi connectivity index (χ4v) is 5.30. The minimum atomic E-state index is -1.62. The van der Waals surface area contributed by atoms with Crippen LogP contribution in [0, 0.1) is 0 Å². The van der Waals surface area contributed by atoms with Crippen LogP contribution in [0.1, 0.15) is 58.9 Å². The fraction of sp³-hybridized carbons (Fsp3) is 0.630. The number of hydrogen-bond donors (Lipinski definition) is 2. The van der Waals surface area contributed by atoms with Crippen LogP contribution in [-0.2, 0) is 25.5 Å². The van der Waals surface area contributed by atoms with Gasteiger partial charge < -0.3 is 14.6 Å². The predicted octanol–water partition coefficient (Wildman–Crippen LogP) is 2.77. The summed E-state index contributed by atoms with van der Waals surface area (Å²) >= 11 is 0. The van der Waals surface area contributed by atoms with E-state index in [1.54, 1.807) is 20.8 Å². The Morgan fingerprint density at radius 1 is 1.14 bits per heavy atom. The lowest BCUT2D eigenvalue weighted by molar-refractivity contribution is -0.786. The quantitative estimate of drug-likeness (QED) is 0.439. The van der Waals surface area contributed by atoms with Crippen molar-refractivity contribution in [2.75, 3.05) is 20.2 Å². The summed E-state index contributed by atoms with van der Waals surface area (Å²) in [5.74, 6) is -1.24. The van der Waals surface area contributed by atoms with E-state index in [-0.39, 0.29) is 24.9 Å². The van der Waals surface area contributed by atoms with Gasteiger partial charge >= 0.3 is 24.0 Å². The van der Waals surface area contributed by atoms with Crippen molar-refractivity contribution in [1.82, 2.24) is 10.2 Å². The SMILES string of the molecule is COC(=O)[C@H](O)C(Cc1ccccc1)NC(=O)[N+]1(C(=O)[C@@H]2CCCN2C(=O)OC(C)(C)C)CCC[C@H]1C. The highest BCUT2D eigenvalue weighted by molar-refractivity contribution is 5.90. The van der Waals surface area contributed by atoms with Gasteiger partial charge in [0.25, 0.3) is 0 Å². The molecule has 1 aromatic carbocycles. The maximum atomic E-state index is 14.1. The van der Waals surface area contributed by atoms with Crippen molar-refractivity contribution >= 4 is 24.0 Å². The average Bonchev–Trinajstić information content (AvgIpc) is 3.49. The van der Waals surface area contributed by atoms with Gasteiger partial charge in [0, 0.05) is 19.4 Å². The molecule has 204 valence electrons. The molecule has 2 aliphatic rings. The second kappa shape index (κ2) is 11.6. The molecule has 0 aromatic heterocycles. The largest absolute Gasteiger partial charge is 0.467 e. The number of rotatable bonds is 6. The number of urea groups is 1. The number of quaternary nitrogens is 1. The Kier molecular flexibility index (Phi) is 8.96. The Morgan fingerprint density at radius 2 is 1.81 bits per heavy atom. The van der Waals surface area contributed by atoms with Gasteiger partial charge in [-0.05, 0) is 52.5 Å². The Labute approximate surface area is 218 Å². The number of aliphatic hydroxyl groups excluding tert-OH is 1. The van der Waals surface area contributed by atoms with E-state index in [0.717, 1.165) is 5.56 Å². The molecule has 2 saturated heterocycles. The third-order valence-corrected chi connectivity index (χ3v) is 7.24. The molecule has 2 aliphatic heterocycles. The molecular formula is C27H40N3O7+. The van der Waals surface area contributed by atoms with Crippen molar-refractivity contribution in [1.29, 1.82) is 0 Å². The van der Waals surface area contributed by atoms with Gasteiger partial charge in [0.1, 0.15) is 11.6 Å². The number of nitrogens with zero attached hydrogens (tertiary/aromatic N) is 2. The molecule has 2 fully saturated rings. The van der Waals surface area contributed by atoms with Gasteiger partial charge in [0.05, 0.1) is 19.7 Å². The zero-order valence-corrected chi connectivity index (χ0v) is 22.4. The summed E-state index contributed by atoms with van der Waals surface area (Å²) in [6, 6.07) is 6.42. The van der Waals surface area contributed by atoms with Gasteiger partial charge in [-0.25, -0.2) is 19.2 Å². The smallest absolute Gasteiger partial charge is 0.424 e. The Hall–Kier alpha value is -2.98. The van der Waals surface area contributed by atoms with Gasteiger partial charge in [-0.1, -0.05) is 30.3 Å². The highest BCUT2D eigenvalue weighted by Gasteiger charge is 2.57. The number of methoxy groups -OCH3 is 1. The lowest BCUT2D eigenvalue weighted by Gasteiger charge is -2.38. The molecule has 2 heterocycles. The number of amides is 4. The molecule has 5 atom stereocenters. The minimum absolute atomic E-state index is 0.166. The summed E-state index contributed by atoms with van der Waals surface area (Å²) in [6.07, 6.45) is 0.353. The molecule has 4 amide bonds. The van der Waals surface area contributed by atoms with Crippen LogP contribution in [0.3, 0.4) is 0 Å². The number of likely N-dealkylation sites (tertiary alicyclic amines) is 2. The molecule has 0 radical (unpaired) electrons. The summed E-state index contributed by atoms with van der Waals surface area (Å²) in [4.78, 5) is 54.6. The number of carbonyl (C=O) groups excluding carboxylic acids is 4. The fourth-order valence-electron chi connectivity index (χ4n) is 5.30. The normalized spacial score (nSPS) is 25.3. The van der Waals surface area contributed by atoms with Crippen LogP contribution in [0.15, 0.2) is 30.3 Å². The maximum Gasteiger partial charge on any atom is 0.424 e. The zero-order chi connectivity index (χ0) is 27.4. The van der Waals surface area contributed by atoms with Crippen molar-refractivity contribution in [3.05, 3.63) is 35.9 Å². The number of carbonyl (C=O) groups is 4. The third-order valence-electron chi connectivity index (χ3n) is 7.24. The minimum Gasteiger partial charge on any atom is -0.467 e. The molecule has 0 bridgehead atoms. The van der Waals surface area contributed by atoms with Crippen LogP contribution in [0.4, 0.5) is 9.59 Å². The molecular weight excluding hydrogens is 478 g/mol. The molecule has 10 heteroatoms. The topological polar surface area (TPSA) is 122 Å². The molecule has 3 rings (SSSR count). The van der Waals surface area contributed by atoms with Gasteiger partial charge in [0.2, 0.25) is 0 Å². The Bertz CT molecular complexity index is 993. The molecule has 0 spiro atoms. The van der Waals surface area contributed by atoms with Crippen LogP contribution in [0.25, 0.3) is 0 Å². The zero-order valence-electron chi connectivity index (χ0n) is 22.4. The molecule has 2 N–H and O–H groups in total. The standard InChI is InChI=1S/C27H39N3O7/c1-18-11-10-16-30(18,23(32)21-14-9-15-29(21)26(35)37-27(2,3)4)25(34)28-20(22(31)24(33)36-5)17-19-12-7-6-8-13-19/h6-8,12-13,18,20-22,31H,9-11,14-17H2,1-5H3/p+1/t18-,20?,21+,22-,30?/m1/s1. The predicted molar refractivity (Wildman–Crippen MR) is 135 cm³/mol. The van der Waals surface area contributed by atoms with E-state index in [0.29, 0.717) is 32.2 Å². The van der Waals surface area contributed by atoms with Crippen LogP contribution < -0.4 is 5.32 Å². The number of hydrogen-bond acceptors (Lipinski definition) is 7. The molecule has 0 saturated carbocycles. The van der Waals surface area contributed by atoms with Gasteiger partial charge in [-0.15, -0.1) is 0 Å². The lowest BCUT2D eigenvalue weighted by atomic mass is 10.0. The van der Waals surface area contributed by atoms with Crippen molar-refractivity contribution in [3.8, 4) is 0 Å². The molecule has 10 nitrogen and oxygen atoms in total. The second-order valence-electron chi connectivity index (χ2n) is 11.0. The first-order chi connectivity index (χ1) is 17.4. The van der Waals surface area contributed by atoms with E-state index in [1.807, 2.05) is 37.3 Å².